The molecule has 0 spiro atoms. The summed E-state index contributed by atoms with van der Waals surface area (Å²) in [6.45, 7) is 0. The van der Waals surface area contributed by atoms with E-state index in [9.17, 15) is 0 Å². The molecule has 2 heterocycles. The van der Waals surface area contributed by atoms with Crippen LogP contribution in [0.25, 0.3) is 20.2 Å². The summed E-state index contributed by atoms with van der Waals surface area (Å²) in [5.41, 5.74) is 2.24. The Kier molecular flexibility index (Phi) is 3.54. The molecule has 0 saturated carbocycles. The standard InChI is InChI=1S/C18H12N2S2/c1-3-7-17-15(5-1)13(11-21-17)9-19-20-10-14-12-22-18-8-4-2-6-16(14)18/h1-12H/b19-9+,20-10+. The van der Waals surface area contributed by atoms with Gasteiger partial charge in [-0.3, -0.25) is 0 Å². The molecule has 22 heavy (non-hydrogen) atoms. The highest BCUT2D eigenvalue weighted by Gasteiger charge is 2.01. The summed E-state index contributed by atoms with van der Waals surface area (Å²) in [6.07, 6.45) is 3.65. The van der Waals surface area contributed by atoms with Gasteiger partial charge in [0.25, 0.3) is 0 Å². The largest absolute Gasteiger partial charge is 0.158 e. The van der Waals surface area contributed by atoms with Crippen molar-refractivity contribution in [3.05, 3.63) is 70.4 Å². The summed E-state index contributed by atoms with van der Waals surface area (Å²) in [7, 11) is 0. The molecule has 0 fully saturated rings. The van der Waals surface area contributed by atoms with Gasteiger partial charge in [-0.2, -0.15) is 10.2 Å². The lowest BCUT2D eigenvalue weighted by Crippen LogP contribution is -1.78. The zero-order chi connectivity index (χ0) is 14.8. The van der Waals surface area contributed by atoms with Gasteiger partial charge < -0.3 is 0 Å². The summed E-state index contributed by atoms with van der Waals surface area (Å²) in [6, 6.07) is 16.7. The van der Waals surface area contributed by atoms with Crippen LogP contribution in [0.2, 0.25) is 0 Å². The second-order valence-electron chi connectivity index (χ2n) is 4.86. The highest BCUT2D eigenvalue weighted by molar-refractivity contribution is 7.17. The number of hydrogen-bond donors (Lipinski definition) is 0. The van der Waals surface area contributed by atoms with Crippen LogP contribution in [0.15, 0.2) is 69.5 Å². The molecule has 0 N–H and O–H groups in total. The highest BCUT2D eigenvalue weighted by Crippen LogP contribution is 2.25. The van der Waals surface area contributed by atoms with Gasteiger partial charge in [-0.25, -0.2) is 0 Å². The molecule has 4 rings (SSSR count). The topological polar surface area (TPSA) is 24.7 Å². The van der Waals surface area contributed by atoms with Crippen molar-refractivity contribution in [2.45, 2.75) is 0 Å². The van der Waals surface area contributed by atoms with E-state index in [1.54, 1.807) is 22.7 Å². The predicted molar refractivity (Wildman–Crippen MR) is 98.8 cm³/mol. The molecular weight excluding hydrogens is 308 g/mol. The fourth-order valence-electron chi connectivity index (χ4n) is 2.39. The third-order valence-corrected chi connectivity index (χ3v) is 5.45. The minimum absolute atomic E-state index is 1.12. The molecule has 0 bridgehead atoms. The molecule has 2 nitrogen and oxygen atoms in total. The fraction of sp³-hybridized carbons (Fsp3) is 0. The first-order chi connectivity index (χ1) is 10.9. The number of fused-ring (bicyclic) bond motifs is 2. The van der Waals surface area contributed by atoms with E-state index in [1.165, 1.54) is 20.2 Å². The summed E-state index contributed by atoms with van der Waals surface area (Å²) in [4.78, 5) is 0. The molecule has 0 amide bonds. The van der Waals surface area contributed by atoms with Crippen LogP contribution in [0, 0.1) is 0 Å². The first-order valence-corrected chi connectivity index (χ1v) is 8.66. The average molecular weight is 320 g/mol. The van der Waals surface area contributed by atoms with E-state index in [-0.39, 0.29) is 0 Å². The summed E-state index contributed by atoms with van der Waals surface area (Å²) < 4.78 is 2.55. The normalized spacial score (nSPS) is 12.2. The van der Waals surface area contributed by atoms with Gasteiger partial charge in [-0.1, -0.05) is 36.4 Å². The predicted octanol–water partition coefficient (Wildman–Crippen LogP) is 5.57. The molecule has 0 aliphatic carbocycles. The number of rotatable bonds is 3. The van der Waals surface area contributed by atoms with Gasteiger partial charge in [0, 0.05) is 42.1 Å². The maximum atomic E-state index is 4.20. The molecular formula is C18H12N2S2. The molecule has 4 aromatic rings. The van der Waals surface area contributed by atoms with E-state index in [4.69, 9.17) is 0 Å². The molecule has 106 valence electrons. The lowest BCUT2D eigenvalue weighted by molar-refractivity contribution is 1.27. The van der Waals surface area contributed by atoms with E-state index in [0.29, 0.717) is 0 Å². The van der Waals surface area contributed by atoms with Crippen molar-refractivity contribution < 1.29 is 0 Å². The second kappa shape index (κ2) is 5.83. The Balaban J connectivity index is 1.59. The second-order valence-corrected chi connectivity index (χ2v) is 6.69. The van der Waals surface area contributed by atoms with E-state index < -0.39 is 0 Å². The van der Waals surface area contributed by atoms with Gasteiger partial charge >= 0.3 is 0 Å². The minimum atomic E-state index is 1.12. The van der Waals surface area contributed by atoms with Crippen LogP contribution < -0.4 is 0 Å². The third-order valence-electron chi connectivity index (χ3n) is 3.48. The molecule has 0 saturated heterocycles. The van der Waals surface area contributed by atoms with Crippen LogP contribution in [0.1, 0.15) is 11.1 Å². The highest BCUT2D eigenvalue weighted by atomic mass is 32.1. The molecule has 2 aromatic carbocycles. The van der Waals surface area contributed by atoms with Crippen LogP contribution in [-0.4, -0.2) is 12.4 Å². The van der Waals surface area contributed by atoms with Crippen molar-refractivity contribution in [1.29, 1.82) is 0 Å². The Morgan fingerprint density at radius 3 is 1.59 bits per heavy atom. The van der Waals surface area contributed by atoms with Crippen LogP contribution in [0.3, 0.4) is 0 Å². The maximum absolute atomic E-state index is 4.20. The SMILES string of the molecule is C(=N\N=C\c1csc2ccccc12)/c1csc2ccccc12. The Hall–Kier alpha value is -2.30. The molecule has 0 aliphatic heterocycles. The Morgan fingerprint density at radius 2 is 1.09 bits per heavy atom. The molecule has 0 radical (unpaired) electrons. The van der Waals surface area contributed by atoms with E-state index >= 15 is 0 Å². The molecule has 0 aliphatic rings. The Labute approximate surface area is 136 Å². The van der Waals surface area contributed by atoms with Crippen molar-refractivity contribution in [1.82, 2.24) is 0 Å². The van der Waals surface area contributed by atoms with Gasteiger partial charge in [0.15, 0.2) is 0 Å². The lowest BCUT2D eigenvalue weighted by atomic mass is 10.2. The van der Waals surface area contributed by atoms with Gasteiger partial charge in [-0.05, 0) is 12.1 Å². The van der Waals surface area contributed by atoms with Crippen molar-refractivity contribution in [2.24, 2.45) is 10.2 Å². The molecule has 2 aromatic heterocycles. The zero-order valence-electron chi connectivity index (χ0n) is 11.6. The number of benzene rings is 2. The van der Waals surface area contributed by atoms with Crippen LogP contribution >= 0.6 is 22.7 Å². The first kappa shape index (κ1) is 13.4. The van der Waals surface area contributed by atoms with Crippen LogP contribution in [0.4, 0.5) is 0 Å². The van der Waals surface area contributed by atoms with Crippen molar-refractivity contribution in [3.8, 4) is 0 Å². The zero-order valence-corrected chi connectivity index (χ0v) is 13.3. The third kappa shape index (κ3) is 2.47. The fourth-order valence-corrected chi connectivity index (χ4v) is 4.21. The summed E-state index contributed by atoms with van der Waals surface area (Å²) in [5.74, 6) is 0. The number of thiophene rings is 2. The van der Waals surface area contributed by atoms with Gasteiger partial charge in [-0.15, -0.1) is 22.7 Å². The smallest absolute Gasteiger partial charge is 0.0582 e. The van der Waals surface area contributed by atoms with Crippen molar-refractivity contribution in [3.63, 3.8) is 0 Å². The molecule has 0 unspecified atom stereocenters. The summed E-state index contributed by atoms with van der Waals surface area (Å²) >= 11 is 3.46. The monoisotopic (exact) mass is 320 g/mol. The van der Waals surface area contributed by atoms with Gasteiger partial charge in [0.2, 0.25) is 0 Å². The minimum Gasteiger partial charge on any atom is -0.158 e. The Morgan fingerprint density at radius 1 is 0.636 bits per heavy atom. The quantitative estimate of drug-likeness (QED) is 0.348. The number of hydrogen-bond acceptors (Lipinski definition) is 4. The van der Waals surface area contributed by atoms with Crippen molar-refractivity contribution in [2.75, 3.05) is 0 Å². The first-order valence-electron chi connectivity index (χ1n) is 6.91. The summed E-state index contributed by atoms with van der Waals surface area (Å²) in [5, 5.41) is 15.1. The van der Waals surface area contributed by atoms with Gasteiger partial charge in [0.1, 0.15) is 0 Å². The van der Waals surface area contributed by atoms with Gasteiger partial charge in [0.05, 0.1) is 12.4 Å². The van der Waals surface area contributed by atoms with Crippen molar-refractivity contribution >= 4 is 55.3 Å². The van der Waals surface area contributed by atoms with Crippen LogP contribution in [0.5, 0.6) is 0 Å². The van der Waals surface area contributed by atoms with Crippen LogP contribution in [-0.2, 0) is 0 Å². The van der Waals surface area contributed by atoms with E-state index in [1.807, 2.05) is 24.6 Å². The maximum Gasteiger partial charge on any atom is 0.0582 e. The van der Waals surface area contributed by atoms with E-state index in [0.717, 1.165) is 11.1 Å². The lowest BCUT2D eigenvalue weighted by Gasteiger charge is -1.90. The average Bonchev–Trinajstić information content (AvgIpc) is 3.16. The molecule has 0 atom stereocenters. The molecule has 4 heteroatoms. The number of nitrogens with zero attached hydrogens (tertiary/aromatic N) is 2. The van der Waals surface area contributed by atoms with E-state index in [2.05, 4.69) is 57.4 Å². The Bertz CT molecular complexity index is 910.